The van der Waals surface area contributed by atoms with E-state index in [0.29, 0.717) is 12.5 Å². The van der Waals surface area contributed by atoms with E-state index in [9.17, 15) is 0 Å². The summed E-state index contributed by atoms with van der Waals surface area (Å²) in [4.78, 5) is 11.1. The molecule has 0 atom stereocenters. The maximum Gasteiger partial charge on any atom is 0.193 e. The van der Waals surface area contributed by atoms with Gasteiger partial charge in [-0.1, -0.05) is 18.2 Å². The molecule has 0 saturated heterocycles. The first kappa shape index (κ1) is 20.8. The third-order valence-electron chi connectivity index (χ3n) is 4.03. The van der Waals surface area contributed by atoms with Gasteiger partial charge in [0.25, 0.3) is 0 Å². The maximum atomic E-state index is 6.05. The molecule has 3 N–H and O–H groups in total. The Hall–Kier alpha value is -2.55. The van der Waals surface area contributed by atoms with Crippen molar-refractivity contribution in [2.75, 3.05) is 31.4 Å². The summed E-state index contributed by atoms with van der Waals surface area (Å²) in [5.41, 5.74) is 8.94. The van der Waals surface area contributed by atoms with Crippen molar-refractivity contribution in [1.29, 1.82) is 0 Å². The zero-order valence-electron chi connectivity index (χ0n) is 15.6. The molecular formula is C20H24IN5O. The van der Waals surface area contributed by atoms with Gasteiger partial charge in [0.15, 0.2) is 5.96 Å². The maximum absolute atomic E-state index is 6.05. The lowest BCUT2D eigenvalue weighted by Crippen LogP contribution is -2.22. The molecule has 3 rings (SSSR count). The highest BCUT2D eigenvalue weighted by Crippen LogP contribution is 2.23. The van der Waals surface area contributed by atoms with Gasteiger partial charge in [-0.05, 0) is 42.0 Å². The van der Waals surface area contributed by atoms with Gasteiger partial charge < -0.3 is 20.7 Å². The number of halogens is 1. The Morgan fingerprint density at radius 3 is 2.52 bits per heavy atom. The number of anilines is 2. The molecule has 0 saturated carbocycles. The Labute approximate surface area is 176 Å². The molecule has 0 aliphatic heterocycles. The van der Waals surface area contributed by atoms with E-state index in [2.05, 4.69) is 21.4 Å². The van der Waals surface area contributed by atoms with Crippen LogP contribution in [0.25, 0.3) is 10.9 Å². The van der Waals surface area contributed by atoms with Gasteiger partial charge in [-0.15, -0.1) is 24.0 Å². The smallest absolute Gasteiger partial charge is 0.193 e. The zero-order valence-corrected chi connectivity index (χ0v) is 18.0. The first-order valence-electron chi connectivity index (χ1n) is 8.34. The van der Waals surface area contributed by atoms with Gasteiger partial charge in [0.05, 0.1) is 19.2 Å². The fourth-order valence-corrected chi connectivity index (χ4v) is 2.62. The molecule has 1 aromatic heterocycles. The molecule has 3 aromatic rings. The van der Waals surface area contributed by atoms with Crippen molar-refractivity contribution >= 4 is 52.3 Å². The summed E-state index contributed by atoms with van der Waals surface area (Å²) in [6, 6.07) is 17.6. The van der Waals surface area contributed by atoms with Gasteiger partial charge in [-0.2, -0.15) is 0 Å². The van der Waals surface area contributed by atoms with E-state index in [-0.39, 0.29) is 24.0 Å². The number of hydrogen-bond acceptors (Lipinski definition) is 4. The molecule has 0 spiro atoms. The number of guanidine groups is 1. The fraction of sp³-hybridized carbons (Fsp3) is 0.200. The number of ether oxygens (including phenoxy) is 1. The summed E-state index contributed by atoms with van der Waals surface area (Å²) >= 11 is 0. The minimum absolute atomic E-state index is 0. The Bertz CT molecular complexity index is 925. The van der Waals surface area contributed by atoms with Crippen LogP contribution in [0.5, 0.6) is 5.75 Å². The number of benzene rings is 2. The molecule has 0 aliphatic rings. The summed E-state index contributed by atoms with van der Waals surface area (Å²) < 4.78 is 5.15. The highest BCUT2D eigenvalue weighted by atomic mass is 127. The van der Waals surface area contributed by atoms with E-state index in [0.717, 1.165) is 33.7 Å². The van der Waals surface area contributed by atoms with Crippen LogP contribution in [0.3, 0.4) is 0 Å². The largest absolute Gasteiger partial charge is 0.497 e. The number of nitrogens with zero attached hydrogens (tertiary/aromatic N) is 3. The summed E-state index contributed by atoms with van der Waals surface area (Å²) in [5.74, 6) is 2.06. The van der Waals surface area contributed by atoms with Crippen molar-refractivity contribution in [2.45, 2.75) is 6.54 Å². The van der Waals surface area contributed by atoms with Crippen molar-refractivity contribution in [3.8, 4) is 5.75 Å². The molecule has 7 heteroatoms. The molecule has 0 amide bonds. The minimum atomic E-state index is 0. The van der Waals surface area contributed by atoms with E-state index < -0.39 is 0 Å². The minimum Gasteiger partial charge on any atom is -0.497 e. The fourth-order valence-electron chi connectivity index (χ4n) is 2.62. The molecule has 27 heavy (non-hydrogen) atoms. The number of fused-ring (bicyclic) bond motifs is 1. The highest BCUT2D eigenvalue weighted by Gasteiger charge is 2.07. The van der Waals surface area contributed by atoms with Crippen LogP contribution >= 0.6 is 24.0 Å². The Balaban J connectivity index is 0.00000261. The summed E-state index contributed by atoms with van der Waals surface area (Å²) in [5, 5.41) is 4.18. The summed E-state index contributed by atoms with van der Waals surface area (Å²) in [6.07, 6.45) is 0. The molecule has 142 valence electrons. The third-order valence-corrected chi connectivity index (χ3v) is 4.03. The van der Waals surface area contributed by atoms with Crippen LogP contribution in [0.1, 0.15) is 5.56 Å². The van der Waals surface area contributed by atoms with E-state index >= 15 is 0 Å². The number of para-hydroxylation sites is 1. The van der Waals surface area contributed by atoms with Gasteiger partial charge in [-0.25, -0.2) is 9.98 Å². The number of aliphatic imine (C=N–C) groups is 1. The van der Waals surface area contributed by atoms with Crippen LogP contribution in [-0.4, -0.2) is 32.1 Å². The third kappa shape index (κ3) is 5.22. The Morgan fingerprint density at radius 2 is 1.85 bits per heavy atom. The number of rotatable bonds is 5. The molecule has 0 unspecified atom stereocenters. The normalized spacial score (nSPS) is 11.0. The summed E-state index contributed by atoms with van der Waals surface area (Å²) in [7, 11) is 5.59. The quantitative estimate of drug-likeness (QED) is 0.332. The number of hydrogen-bond donors (Lipinski definition) is 2. The topological polar surface area (TPSA) is 75.8 Å². The van der Waals surface area contributed by atoms with Crippen molar-refractivity contribution in [2.24, 2.45) is 10.7 Å². The molecule has 2 aromatic carbocycles. The Kier molecular flexibility index (Phi) is 7.23. The van der Waals surface area contributed by atoms with Gasteiger partial charge in [0.1, 0.15) is 11.6 Å². The van der Waals surface area contributed by atoms with E-state index in [1.54, 1.807) is 7.11 Å². The van der Waals surface area contributed by atoms with E-state index in [1.807, 2.05) is 67.5 Å². The number of methoxy groups -OCH3 is 1. The number of pyridine rings is 1. The van der Waals surface area contributed by atoms with Crippen molar-refractivity contribution in [3.63, 3.8) is 0 Å². The van der Waals surface area contributed by atoms with Gasteiger partial charge in [0.2, 0.25) is 0 Å². The van der Waals surface area contributed by atoms with E-state index in [1.165, 1.54) is 0 Å². The average Bonchev–Trinajstić information content (AvgIpc) is 2.66. The predicted octanol–water partition coefficient (Wildman–Crippen LogP) is 3.85. The predicted molar refractivity (Wildman–Crippen MR) is 123 cm³/mol. The van der Waals surface area contributed by atoms with Crippen LogP contribution in [0.2, 0.25) is 0 Å². The van der Waals surface area contributed by atoms with Crippen LogP contribution in [0, 0.1) is 0 Å². The standard InChI is InChI=1S/C20H23N5O.HI/c1-25(2)19-12-14(17-6-4-5-7-18(17)24-19)13-22-20(21)23-15-8-10-16(26-3)11-9-15;/h4-12H,13H2,1-3H3,(H3,21,22,23);1H. The first-order chi connectivity index (χ1) is 12.6. The molecule has 0 aliphatic carbocycles. The second-order valence-corrected chi connectivity index (χ2v) is 6.11. The van der Waals surface area contributed by atoms with Gasteiger partial charge in [-0.3, -0.25) is 0 Å². The molecule has 6 nitrogen and oxygen atoms in total. The van der Waals surface area contributed by atoms with Crippen LogP contribution in [0.4, 0.5) is 11.5 Å². The van der Waals surface area contributed by atoms with Crippen LogP contribution in [0.15, 0.2) is 59.6 Å². The second-order valence-electron chi connectivity index (χ2n) is 6.11. The number of aromatic nitrogens is 1. The average molecular weight is 477 g/mol. The number of nitrogens with one attached hydrogen (secondary N) is 1. The second kappa shape index (κ2) is 9.40. The highest BCUT2D eigenvalue weighted by molar-refractivity contribution is 14.0. The lowest BCUT2D eigenvalue weighted by Gasteiger charge is -2.14. The number of nitrogens with two attached hydrogens (primary N) is 1. The first-order valence-corrected chi connectivity index (χ1v) is 8.34. The monoisotopic (exact) mass is 477 g/mol. The lowest BCUT2D eigenvalue weighted by molar-refractivity contribution is 0.415. The van der Waals surface area contributed by atoms with Crippen LogP contribution in [-0.2, 0) is 6.54 Å². The zero-order chi connectivity index (χ0) is 18.5. The SMILES string of the molecule is COc1ccc(NC(N)=NCc2cc(N(C)C)nc3ccccc23)cc1.I. The van der Waals surface area contributed by atoms with Gasteiger partial charge in [0, 0.05) is 25.2 Å². The van der Waals surface area contributed by atoms with E-state index in [4.69, 9.17) is 10.5 Å². The molecular weight excluding hydrogens is 453 g/mol. The molecule has 1 heterocycles. The Morgan fingerprint density at radius 1 is 1.15 bits per heavy atom. The van der Waals surface area contributed by atoms with Crippen molar-refractivity contribution in [1.82, 2.24) is 4.98 Å². The molecule has 0 fully saturated rings. The van der Waals surface area contributed by atoms with Crippen LogP contribution < -0.4 is 20.7 Å². The van der Waals surface area contributed by atoms with Crippen molar-refractivity contribution in [3.05, 3.63) is 60.2 Å². The van der Waals surface area contributed by atoms with Crippen molar-refractivity contribution < 1.29 is 4.74 Å². The summed E-state index contributed by atoms with van der Waals surface area (Å²) in [6.45, 7) is 0.471. The lowest BCUT2D eigenvalue weighted by atomic mass is 10.1. The molecule has 0 radical (unpaired) electrons. The van der Waals surface area contributed by atoms with Gasteiger partial charge >= 0.3 is 0 Å². The molecule has 0 bridgehead atoms.